The number of morpholine rings is 1. The minimum Gasteiger partial charge on any atom is -0.370 e. The van der Waals surface area contributed by atoms with Crippen molar-refractivity contribution in [1.29, 1.82) is 0 Å². The average molecular weight is 391 g/mol. The number of aromatic nitrogens is 4. The van der Waals surface area contributed by atoms with Crippen molar-refractivity contribution in [3.63, 3.8) is 0 Å². The first-order chi connectivity index (χ1) is 12.7. The fraction of sp³-hybridized carbons (Fsp3) is 0.278. The summed E-state index contributed by atoms with van der Waals surface area (Å²) in [7, 11) is 0. The van der Waals surface area contributed by atoms with E-state index in [2.05, 4.69) is 15.5 Å². The van der Waals surface area contributed by atoms with E-state index in [1.807, 2.05) is 48.5 Å². The minimum atomic E-state index is -0.0230. The van der Waals surface area contributed by atoms with Gasteiger partial charge in [0.25, 0.3) is 0 Å². The monoisotopic (exact) mass is 390 g/mol. The lowest BCUT2D eigenvalue weighted by Gasteiger charge is -2.31. The van der Waals surface area contributed by atoms with Crippen LogP contribution in [0.1, 0.15) is 17.4 Å². The summed E-state index contributed by atoms with van der Waals surface area (Å²) >= 11 is 12.2. The molecule has 1 atom stereocenters. The predicted octanol–water partition coefficient (Wildman–Crippen LogP) is 1.97. The molecule has 1 saturated heterocycles. The molecular weight excluding hydrogens is 373 g/mol. The van der Waals surface area contributed by atoms with Crippen LogP contribution in [0, 0.1) is 0 Å². The molecule has 0 spiro atoms. The van der Waals surface area contributed by atoms with Gasteiger partial charge in [-0.2, -0.15) is 4.68 Å². The zero-order valence-corrected chi connectivity index (χ0v) is 15.5. The number of halogens is 2. The Labute approximate surface area is 161 Å². The van der Waals surface area contributed by atoms with Crippen molar-refractivity contribution < 1.29 is 9.64 Å². The Hall–Kier alpha value is -1.99. The zero-order chi connectivity index (χ0) is 17.9. The van der Waals surface area contributed by atoms with Gasteiger partial charge in [0.15, 0.2) is 6.04 Å². The Balaban J connectivity index is 1.79. The summed E-state index contributed by atoms with van der Waals surface area (Å²) in [5, 5.41) is 13.9. The summed E-state index contributed by atoms with van der Waals surface area (Å²) < 4.78 is 7.29. The maximum atomic E-state index is 6.16. The summed E-state index contributed by atoms with van der Waals surface area (Å²) in [6, 6.07) is 15.4. The summed E-state index contributed by atoms with van der Waals surface area (Å²) in [6.07, 6.45) is 0. The van der Waals surface area contributed by atoms with E-state index in [-0.39, 0.29) is 6.04 Å². The van der Waals surface area contributed by atoms with Gasteiger partial charge in [-0.1, -0.05) is 41.4 Å². The van der Waals surface area contributed by atoms with E-state index in [9.17, 15) is 0 Å². The van der Waals surface area contributed by atoms with Crippen LogP contribution in [0.5, 0.6) is 0 Å². The highest BCUT2D eigenvalue weighted by Crippen LogP contribution is 2.23. The van der Waals surface area contributed by atoms with Crippen LogP contribution in [0.4, 0.5) is 0 Å². The van der Waals surface area contributed by atoms with E-state index in [4.69, 9.17) is 27.9 Å². The van der Waals surface area contributed by atoms with E-state index in [1.54, 1.807) is 4.68 Å². The topological polar surface area (TPSA) is 57.3 Å². The van der Waals surface area contributed by atoms with E-state index in [0.29, 0.717) is 10.0 Å². The summed E-state index contributed by atoms with van der Waals surface area (Å²) in [6.45, 7) is 3.21. The first-order valence-corrected chi connectivity index (χ1v) is 9.20. The number of hydrogen-bond acceptors (Lipinski definition) is 4. The number of ether oxygens (including phenoxy) is 1. The van der Waals surface area contributed by atoms with Gasteiger partial charge in [0.2, 0.25) is 5.82 Å². The van der Waals surface area contributed by atoms with Gasteiger partial charge in [0.05, 0.1) is 18.9 Å². The van der Waals surface area contributed by atoms with E-state index >= 15 is 0 Å². The highest BCUT2D eigenvalue weighted by atomic mass is 35.5. The van der Waals surface area contributed by atoms with E-state index < -0.39 is 0 Å². The van der Waals surface area contributed by atoms with Gasteiger partial charge in [0.1, 0.15) is 13.1 Å². The Morgan fingerprint density at radius 2 is 1.77 bits per heavy atom. The molecule has 0 aliphatic carbocycles. The number of quaternary nitrogens is 1. The van der Waals surface area contributed by atoms with Gasteiger partial charge in [-0.3, -0.25) is 0 Å². The second-order valence-corrected chi connectivity index (χ2v) is 7.06. The highest BCUT2D eigenvalue weighted by Gasteiger charge is 2.33. The third-order valence-corrected chi connectivity index (χ3v) is 5.04. The van der Waals surface area contributed by atoms with Gasteiger partial charge in [-0.15, -0.1) is 5.10 Å². The quantitative estimate of drug-likeness (QED) is 0.739. The SMILES string of the molecule is Clc1ccc([C@H](c2nnnn2-c2cccc(Cl)c2)[NH+]2CCOCC2)cc1. The molecule has 0 unspecified atom stereocenters. The van der Waals surface area contributed by atoms with Crippen molar-refractivity contribution in [2.24, 2.45) is 0 Å². The molecule has 1 aliphatic heterocycles. The molecule has 1 N–H and O–H groups in total. The van der Waals surface area contributed by atoms with Crippen molar-refractivity contribution in [1.82, 2.24) is 20.2 Å². The first kappa shape index (κ1) is 17.4. The standard InChI is InChI=1S/C18H17Cl2N5O/c19-14-6-4-13(5-7-14)17(24-8-10-26-11-9-24)18-21-22-23-25(18)16-3-1-2-15(20)12-16/h1-7,12,17H,8-11H2/p+1/t17-/m1/s1. The number of nitrogens with zero attached hydrogens (tertiary/aromatic N) is 4. The number of hydrogen-bond donors (Lipinski definition) is 1. The zero-order valence-electron chi connectivity index (χ0n) is 14.0. The summed E-state index contributed by atoms with van der Waals surface area (Å²) in [4.78, 5) is 1.36. The van der Waals surface area contributed by atoms with Crippen LogP contribution < -0.4 is 4.90 Å². The van der Waals surface area contributed by atoms with E-state index in [1.165, 1.54) is 4.90 Å². The molecule has 134 valence electrons. The predicted molar refractivity (Wildman–Crippen MR) is 99.0 cm³/mol. The van der Waals surface area contributed by atoms with Gasteiger partial charge in [0, 0.05) is 15.6 Å². The minimum absolute atomic E-state index is 0.0230. The molecule has 2 heterocycles. The molecule has 0 bridgehead atoms. The maximum absolute atomic E-state index is 6.16. The van der Waals surface area contributed by atoms with Gasteiger partial charge >= 0.3 is 0 Å². The number of rotatable bonds is 4. The first-order valence-electron chi connectivity index (χ1n) is 8.44. The van der Waals surface area contributed by atoms with Crippen LogP contribution in [0.15, 0.2) is 48.5 Å². The Morgan fingerprint density at radius 3 is 2.50 bits per heavy atom. The van der Waals surface area contributed by atoms with Crippen molar-refractivity contribution in [2.75, 3.05) is 26.3 Å². The van der Waals surface area contributed by atoms with E-state index in [0.717, 1.165) is 43.4 Å². The second-order valence-electron chi connectivity index (χ2n) is 6.18. The molecule has 6 nitrogen and oxygen atoms in total. The second kappa shape index (κ2) is 7.72. The molecule has 3 aromatic rings. The van der Waals surface area contributed by atoms with Gasteiger partial charge in [-0.05, 0) is 40.8 Å². The lowest BCUT2D eigenvalue weighted by atomic mass is 10.0. The average Bonchev–Trinajstić information content (AvgIpc) is 3.14. The normalized spacial score (nSPS) is 16.5. The molecule has 1 fully saturated rings. The molecular formula is C18H18Cl2N5O+. The van der Waals surface area contributed by atoms with Crippen molar-refractivity contribution in [3.8, 4) is 5.69 Å². The summed E-state index contributed by atoms with van der Waals surface area (Å²) in [5.74, 6) is 0.770. The largest absolute Gasteiger partial charge is 0.370 e. The fourth-order valence-electron chi connectivity index (χ4n) is 3.31. The van der Waals surface area contributed by atoms with Crippen LogP contribution in [-0.2, 0) is 4.74 Å². The smallest absolute Gasteiger partial charge is 0.218 e. The van der Waals surface area contributed by atoms with Gasteiger partial charge in [-0.25, -0.2) is 0 Å². The molecule has 0 saturated carbocycles. The lowest BCUT2D eigenvalue weighted by Crippen LogP contribution is -3.14. The fourth-order valence-corrected chi connectivity index (χ4v) is 3.62. The van der Waals surface area contributed by atoms with Crippen LogP contribution in [0.2, 0.25) is 10.0 Å². The number of nitrogens with one attached hydrogen (secondary N) is 1. The Kier molecular flexibility index (Phi) is 5.17. The summed E-state index contributed by atoms with van der Waals surface area (Å²) in [5.41, 5.74) is 1.95. The Bertz CT molecular complexity index is 877. The van der Waals surface area contributed by atoms with Crippen LogP contribution in [-0.4, -0.2) is 46.5 Å². The Morgan fingerprint density at radius 1 is 1.00 bits per heavy atom. The van der Waals surface area contributed by atoms with Crippen LogP contribution in [0.3, 0.4) is 0 Å². The lowest BCUT2D eigenvalue weighted by molar-refractivity contribution is -0.933. The van der Waals surface area contributed by atoms with Crippen molar-refractivity contribution in [3.05, 3.63) is 70.0 Å². The third kappa shape index (κ3) is 3.59. The van der Waals surface area contributed by atoms with Crippen LogP contribution >= 0.6 is 23.2 Å². The van der Waals surface area contributed by atoms with Crippen molar-refractivity contribution >= 4 is 23.2 Å². The molecule has 1 aromatic heterocycles. The number of tetrazole rings is 1. The molecule has 0 amide bonds. The highest BCUT2D eigenvalue weighted by molar-refractivity contribution is 6.30. The molecule has 26 heavy (non-hydrogen) atoms. The maximum Gasteiger partial charge on any atom is 0.218 e. The number of benzene rings is 2. The van der Waals surface area contributed by atoms with Crippen LogP contribution in [0.25, 0.3) is 5.69 Å². The molecule has 8 heteroatoms. The van der Waals surface area contributed by atoms with Gasteiger partial charge < -0.3 is 9.64 Å². The molecule has 4 rings (SSSR count). The molecule has 1 aliphatic rings. The third-order valence-electron chi connectivity index (χ3n) is 4.55. The van der Waals surface area contributed by atoms with Crippen molar-refractivity contribution in [2.45, 2.75) is 6.04 Å². The molecule has 2 aromatic carbocycles. The molecule has 0 radical (unpaired) electrons.